The van der Waals surface area contributed by atoms with Crippen LogP contribution in [0.2, 0.25) is 0 Å². The molecule has 0 unspecified atom stereocenters. The molecule has 0 aliphatic heterocycles. The van der Waals surface area contributed by atoms with Crippen molar-refractivity contribution >= 4 is 28.9 Å². The summed E-state index contributed by atoms with van der Waals surface area (Å²) in [7, 11) is 0. The maximum absolute atomic E-state index is 12.0. The molecule has 0 saturated carbocycles. The average Bonchev–Trinajstić information content (AvgIpc) is 2.77. The fourth-order valence-corrected chi connectivity index (χ4v) is 3.10. The minimum atomic E-state index is -0.376. The first-order valence-corrected chi connectivity index (χ1v) is 9.27. The van der Waals surface area contributed by atoms with E-state index in [1.54, 1.807) is 30.4 Å². The van der Waals surface area contributed by atoms with Crippen LogP contribution in [0.5, 0.6) is 0 Å². The lowest BCUT2D eigenvalue weighted by molar-refractivity contribution is -0.110. The Hall–Kier alpha value is -3.98. The van der Waals surface area contributed by atoms with Crippen LogP contribution in [0.4, 0.5) is 0 Å². The second-order valence-corrected chi connectivity index (χ2v) is 6.58. The fourth-order valence-electron chi connectivity index (χ4n) is 3.10. The summed E-state index contributed by atoms with van der Waals surface area (Å²) in [6.07, 6.45) is 6.66. The molecule has 0 N–H and O–H groups in total. The van der Waals surface area contributed by atoms with Crippen molar-refractivity contribution < 1.29 is 9.21 Å². The summed E-state index contributed by atoms with van der Waals surface area (Å²) in [4.78, 5) is 23.9. The molecule has 4 aromatic rings. The minimum Gasteiger partial charge on any atom is -0.423 e. The number of allylic oxidation sites excluding steroid dienone is 2. The molecular weight excluding hydrogens is 360 g/mol. The average molecular weight is 378 g/mol. The first-order chi connectivity index (χ1) is 14.2. The van der Waals surface area contributed by atoms with Gasteiger partial charge in [-0.25, -0.2) is 4.79 Å². The zero-order valence-corrected chi connectivity index (χ0v) is 15.6. The number of rotatable bonds is 5. The third-order valence-corrected chi connectivity index (χ3v) is 4.55. The topological polar surface area (TPSA) is 47.3 Å². The van der Waals surface area contributed by atoms with Crippen molar-refractivity contribution in [2.24, 2.45) is 0 Å². The Morgan fingerprint density at radius 1 is 0.724 bits per heavy atom. The molecule has 3 aromatic carbocycles. The summed E-state index contributed by atoms with van der Waals surface area (Å²) in [5.74, 6) is -0.0791. The summed E-state index contributed by atoms with van der Waals surface area (Å²) in [5.41, 5.74) is 3.82. The predicted molar refractivity (Wildman–Crippen MR) is 117 cm³/mol. The van der Waals surface area contributed by atoms with Crippen molar-refractivity contribution in [3.05, 3.63) is 119 Å². The molecule has 0 atom stereocenters. The molecule has 0 aliphatic carbocycles. The van der Waals surface area contributed by atoms with Crippen LogP contribution in [0.15, 0.2) is 106 Å². The summed E-state index contributed by atoms with van der Waals surface area (Å²) in [6.45, 7) is 0. The Morgan fingerprint density at radius 2 is 1.34 bits per heavy atom. The Kier molecular flexibility index (Phi) is 5.30. The molecule has 3 heteroatoms. The normalized spacial score (nSPS) is 11.4. The molecule has 29 heavy (non-hydrogen) atoms. The van der Waals surface area contributed by atoms with E-state index in [-0.39, 0.29) is 11.4 Å². The lowest BCUT2D eigenvalue weighted by Gasteiger charge is -2.06. The maximum atomic E-state index is 12.0. The molecule has 1 heterocycles. The smallest absolute Gasteiger partial charge is 0.336 e. The number of para-hydroxylation sites is 1. The van der Waals surface area contributed by atoms with Gasteiger partial charge in [0.15, 0.2) is 5.78 Å². The lowest BCUT2D eigenvalue weighted by atomic mass is 10.0. The molecule has 1 aromatic heterocycles. The molecule has 0 radical (unpaired) electrons. The highest BCUT2D eigenvalue weighted by Gasteiger charge is 2.07. The van der Waals surface area contributed by atoms with Crippen molar-refractivity contribution in [1.29, 1.82) is 0 Å². The van der Waals surface area contributed by atoms with Crippen LogP contribution in [0.3, 0.4) is 0 Å². The van der Waals surface area contributed by atoms with Gasteiger partial charge >= 0.3 is 5.63 Å². The third kappa shape index (κ3) is 4.47. The number of hydrogen-bond donors (Lipinski definition) is 0. The van der Waals surface area contributed by atoms with Crippen molar-refractivity contribution in [2.45, 2.75) is 0 Å². The van der Waals surface area contributed by atoms with Gasteiger partial charge in [0.25, 0.3) is 0 Å². The summed E-state index contributed by atoms with van der Waals surface area (Å²) in [5, 5.41) is 0.886. The highest BCUT2D eigenvalue weighted by atomic mass is 16.4. The fraction of sp³-hybridized carbons (Fsp3) is 0. The molecule has 3 nitrogen and oxygen atoms in total. The second-order valence-electron chi connectivity index (χ2n) is 6.58. The second kappa shape index (κ2) is 8.36. The van der Waals surface area contributed by atoms with Crippen LogP contribution >= 0.6 is 0 Å². The van der Waals surface area contributed by atoms with Gasteiger partial charge in [0.2, 0.25) is 0 Å². The van der Waals surface area contributed by atoms with Gasteiger partial charge in [0, 0.05) is 11.5 Å². The van der Waals surface area contributed by atoms with Crippen molar-refractivity contribution in [3.8, 4) is 11.1 Å². The number of hydrogen-bond acceptors (Lipinski definition) is 3. The quantitative estimate of drug-likeness (QED) is 0.328. The maximum Gasteiger partial charge on any atom is 0.336 e. The third-order valence-electron chi connectivity index (χ3n) is 4.55. The van der Waals surface area contributed by atoms with E-state index in [0.29, 0.717) is 5.58 Å². The standard InChI is InChI=1S/C26H18O3/c27-22(16-12-19-6-2-1-3-7-19)17-13-20-10-14-21(15-11-20)24-18-26(28)29-25-9-5-4-8-23(24)25/h1-18H. The highest BCUT2D eigenvalue weighted by molar-refractivity contribution is 6.04. The van der Waals surface area contributed by atoms with Gasteiger partial charge in [0.1, 0.15) is 5.58 Å². The van der Waals surface area contributed by atoms with E-state index in [2.05, 4.69) is 0 Å². The Labute approximate surface area is 168 Å². The van der Waals surface area contributed by atoms with Crippen molar-refractivity contribution in [2.75, 3.05) is 0 Å². The van der Waals surface area contributed by atoms with Crippen LogP contribution in [0.25, 0.3) is 34.2 Å². The van der Waals surface area contributed by atoms with Gasteiger partial charge in [-0.2, -0.15) is 0 Å². The van der Waals surface area contributed by atoms with E-state index in [1.807, 2.05) is 72.8 Å². The van der Waals surface area contributed by atoms with E-state index >= 15 is 0 Å². The van der Waals surface area contributed by atoms with Crippen LogP contribution in [0.1, 0.15) is 11.1 Å². The van der Waals surface area contributed by atoms with Crippen LogP contribution in [0, 0.1) is 0 Å². The zero-order chi connectivity index (χ0) is 20.1. The molecule has 0 amide bonds. The first-order valence-electron chi connectivity index (χ1n) is 9.27. The molecular formula is C26H18O3. The molecule has 4 rings (SSSR count). The van der Waals surface area contributed by atoms with E-state index in [0.717, 1.165) is 27.6 Å². The lowest BCUT2D eigenvalue weighted by Crippen LogP contribution is -1.97. The van der Waals surface area contributed by atoms with Gasteiger partial charge in [-0.05, 0) is 40.5 Å². The Morgan fingerprint density at radius 3 is 2.07 bits per heavy atom. The first kappa shape index (κ1) is 18.4. The van der Waals surface area contributed by atoms with E-state index in [4.69, 9.17) is 4.42 Å². The van der Waals surface area contributed by atoms with E-state index in [9.17, 15) is 9.59 Å². The van der Waals surface area contributed by atoms with Crippen LogP contribution in [-0.2, 0) is 4.79 Å². The van der Waals surface area contributed by atoms with E-state index in [1.165, 1.54) is 6.07 Å². The molecule has 0 saturated heterocycles. The van der Waals surface area contributed by atoms with E-state index < -0.39 is 0 Å². The zero-order valence-electron chi connectivity index (χ0n) is 15.6. The number of benzene rings is 3. The van der Waals surface area contributed by atoms with Crippen molar-refractivity contribution in [1.82, 2.24) is 0 Å². The molecule has 0 aliphatic rings. The summed E-state index contributed by atoms with van der Waals surface area (Å²) < 4.78 is 5.26. The Bertz CT molecular complexity index is 1260. The van der Waals surface area contributed by atoms with Crippen LogP contribution in [-0.4, -0.2) is 5.78 Å². The molecule has 0 fully saturated rings. The number of ketones is 1. The molecule has 0 bridgehead atoms. The van der Waals surface area contributed by atoms with Crippen LogP contribution < -0.4 is 5.63 Å². The van der Waals surface area contributed by atoms with Crippen molar-refractivity contribution in [3.63, 3.8) is 0 Å². The van der Waals surface area contributed by atoms with Gasteiger partial charge in [0.05, 0.1) is 0 Å². The number of fused-ring (bicyclic) bond motifs is 1. The van der Waals surface area contributed by atoms with Gasteiger partial charge in [-0.1, -0.05) is 84.9 Å². The summed E-state index contributed by atoms with van der Waals surface area (Å²) in [6, 6.07) is 26.4. The molecule has 0 spiro atoms. The summed E-state index contributed by atoms with van der Waals surface area (Å²) >= 11 is 0. The monoisotopic (exact) mass is 378 g/mol. The van der Waals surface area contributed by atoms with Gasteiger partial charge in [-0.15, -0.1) is 0 Å². The highest BCUT2D eigenvalue weighted by Crippen LogP contribution is 2.27. The SMILES string of the molecule is O=C(C=Cc1ccccc1)C=Cc1ccc(-c2cc(=O)oc3ccccc23)cc1. The largest absolute Gasteiger partial charge is 0.423 e. The number of carbonyl (C=O) groups excluding carboxylic acids is 1. The predicted octanol–water partition coefficient (Wildman–Crippen LogP) is 5.76. The molecule has 140 valence electrons. The Balaban J connectivity index is 1.53. The van der Waals surface area contributed by atoms with Gasteiger partial charge < -0.3 is 4.42 Å². The number of carbonyl (C=O) groups is 1. The minimum absolute atomic E-state index is 0.0791. The van der Waals surface area contributed by atoms with Gasteiger partial charge in [-0.3, -0.25) is 4.79 Å².